The number of carboxylic acid groups (broad SMARTS) is 1. The lowest BCUT2D eigenvalue weighted by Gasteiger charge is -2.10. The van der Waals surface area contributed by atoms with Gasteiger partial charge in [-0.2, -0.15) is 0 Å². The van der Waals surface area contributed by atoms with Gasteiger partial charge in [-0.1, -0.05) is 25.5 Å². The van der Waals surface area contributed by atoms with Gasteiger partial charge in [-0.05, 0) is 18.6 Å². The van der Waals surface area contributed by atoms with Gasteiger partial charge in [-0.25, -0.2) is 14.8 Å². The zero-order chi connectivity index (χ0) is 15.1. The van der Waals surface area contributed by atoms with Gasteiger partial charge in [0.05, 0.1) is 11.3 Å². The molecule has 0 aliphatic rings. The number of anilines is 3. The third-order valence-electron chi connectivity index (χ3n) is 2.92. The monoisotopic (exact) mass is 286 g/mol. The summed E-state index contributed by atoms with van der Waals surface area (Å²) in [5, 5.41) is 15.4. The molecule has 0 radical (unpaired) electrons. The van der Waals surface area contributed by atoms with Gasteiger partial charge in [0.25, 0.3) is 0 Å². The number of nitrogens with zero attached hydrogens (tertiary/aromatic N) is 2. The lowest BCUT2D eigenvalue weighted by Crippen LogP contribution is -2.06. The average Bonchev–Trinajstić information content (AvgIpc) is 2.48. The van der Waals surface area contributed by atoms with Gasteiger partial charge in [0.15, 0.2) is 0 Å². The van der Waals surface area contributed by atoms with E-state index in [-0.39, 0.29) is 5.56 Å². The van der Waals surface area contributed by atoms with Crippen LogP contribution < -0.4 is 10.6 Å². The van der Waals surface area contributed by atoms with E-state index in [2.05, 4.69) is 27.5 Å². The Morgan fingerprint density at radius 1 is 1.24 bits per heavy atom. The van der Waals surface area contributed by atoms with Crippen LogP contribution in [0.3, 0.4) is 0 Å². The molecule has 0 atom stereocenters. The molecule has 3 N–H and O–H groups in total. The van der Waals surface area contributed by atoms with E-state index >= 15 is 0 Å². The Labute approximate surface area is 123 Å². The zero-order valence-electron chi connectivity index (χ0n) is 11.8. The quantitative estimate of drug-likeness (QED) is 0.678. The van der Waals surface area contributed by atoms with E-state index in [0.717, 1.165) is 19.4 Å². The standard InChI is InChI=1S/C15H18N4O2/c1-2-3-8-16-13-9-14(18-10-17-13)19-12-7-5-4-6-11(12)15(20)21/h4-7,9-10H,2-3,8H2,1H3,(H,20,21)(H2,16,17,18,19). The molecule has 0 bridgehead atoms. The smallest absolute Gasteiger partial charge is 0.337 e. The molecule has 0 aliphatic heterocycles. The van der Waals surface area contributed by atoms with Crippen molar-refractivity contribution < 1.29 is 9.90 Å². The molecule has 0 saturated carbocycles. The lowest BCUT2D eigenvalue weighted by atomic mass is 10.2. The molecule has 0 amide bonds. The van der Waals surface area contributed by atoms with Gasteiger partial charge in [-0.3, -0.25) is 0 Å². The molecule has 6 heteroatoms. The molecule has 21 heavy (non-hydrogen) atoms. The Kier molecular flexibility index (Phi) is 5.09. The largest absolute Gasteiger partial charge is 0.478 e. The van der Waals surface area contributed by atoms with Crippen LogP contribution in [0.1, 0.15) is 30.1 Å². The molecule has 0 aliphatic carbocycles. The van der Waals surface area contributed by atoms with Crippen molar-refractivity contribution in [3.63, 3.8) is 0 Å². The fourth-order valence-electron chi connectivity index (χ4n) is 1.83. The number of aromatic nitrogens is 2. The molecule has 6 nitrogen and oxygen atoms in total. The Hall–Kier alpha value is -2.63. The number of rotatable bonds is 7. The van der Waals surface area contributed by atoms with Gasteiger partial charge in [0.2, 0.25) is 0 Å². The summed E-state index contributed by atoms with van der Waals surface area (Å²) in [7, 11) is 0. The number of carboxylic acids is 1. The molecule has 110 valence electrons. The highest BCUT2D eigenvalue weighted by Gasteiger charge is 2.09. The maximum Gasteiger partial charge on any atom is 0.337 e. The van der Waals surface area contributed by atoms with Crippen LogP contribution in [0.4, 0.5) is 17.3 Å². The highest BCUT2D eigenvalue weighted by atomic mass is 16.4. The number of hydrogen-bond acceptors (Lipinski definition) is 5. The summed E-state index contributed by atoms with van der Waals surface area (Å²) < 4.78 is 0. The van der Waals surface area contributed by atoms with E-state index in [1.807, 2.05) is 0 Å². The third-order valence-corrected chi connectivity index (χ3v) is 2.92. The summed E-state index contributed by atoms with van der Waals surface area (Å²) in [6, 6.07) is 8.47. The topological polar surface area (TPSA) is 87.1 Å². The minimum absolute atomic E-state index is 0.205. The summed E-state index contributed by atoms with van der Waals surface area (Å²) in [4.78, 5) is 19.4. The summed E-state index contributed by atoms with van der Waals surface area (Å²) in [6.45, 7) is 2.97. The van der Waals surface area contributed by atoms with Gasteiger partial charge >= 0.3 is 5.97 Å². The molecule has 2 aromatic rings. The highest BCUT2D eigenvalue weighted by Crippen LogP contribution is 2.20. The Morgan fingerprint density at radius 2 is 2.00 bits per heavy atom. The van der Waals surface area contributed by atoms with Crippen LogP contribution >= 0.6 is 0 Å². The number of unbranched alkanes of at least 4 members (excludes halogenated alkanes) is 1. The van der Waals surface area contributed by atoms with Crippen molar-refractivity contribution >= 4 is 23.3 Å². The van der Waals surface area contributed by atoms with E-state index < -0.39 is 5.97 Å². The fraction of sp³-hybridized carbons (Fsp3) is 0.267. The first kappa shape index (κ1) is 14.8. The summed E-state index contributed by atoms with van der Waals surface area (Å²) in [5.74, 6) is 0.292. The minimum atomic E-state index is -0.978. The number of hydrogen-bond donors (Lipinski definition) is 3. The third kappa shape index (κ3) is 4.17. The van der Waals surface area contributed by atoms with Crippen LogP contribution in [0.2, 0.25) is 0 Å². The first-order valence-corrected chi connectivity index (χ1v) is 6.86. The number of carbonyl (C=O) groups is 1. The van der Waals surface area contributed by atoms with E-state index in [1.165, 1.54) is 6.33 Å². The van der Waals surface area contributed by atoms with Crippen LogP contribution in [-0.2, 0) is 0 Å². The van der Waals surface area contributed by atoms with Crippen LogP contribution in [0.5, 0.6) is 0 Å². The predicted molar refractivity (Wildman–Crippen MR) is 82.1 cm³/mol. The molecule has 2 rings (SSSR count). The molecule has 0 spiro atoms. The van der Waals surface area contributed by atoms with Gasteiger partial charge in [-0.15, -0.1) is 0 Å². The second-order valence-electron chi connectivity index (χ2n) is 4.54. The van der Waals surface area contributed by atoms with E-state index in [1.54, 1.807) is 30.3 Å². The SMILES string of the molecule is CCCCNc1cc(Nc2ccccc2C(=O)O)ncn1. The molecular weight excluding hydrogens is 268 g/mol. The second kappa shape index (κ2) is 7.23. The number of aromatic carboxylic acids is 1. The molecule has 0 unspecified atom stereocenters. The second-order valence-corrected chi connectivity index (χ2v) is 4.54. The first-order chi connectivity index (χ1) is 10.2. The maximum atomic E-state index is 11.2. The minimum Gasteiger partial charge on any atom is -0.478 e. The van der Waals surface area contributed by atoms with Gasteiger partial charge in [0.1, 0.15) is 18.0 Å². The molecule has 1 heterocycles. The van der Waals surface area contributed by atoms with Crippen LogP contribution in [0.25, 0.3) is 0 Å². The van der Waals surface area contributed by atoms with Gasteiger partial charge < -0.3 is 15.7 Å². The fourth-order valence-corrected chi connectivity index (χ4v) is 1.83. The van der Waals surface area contributed by atoms with Crippen molar-refractivity contribution in [1.29, 1.82) is 0 Å². The normalized spacial score (nSPS) is 10.1. The van der Waals surface area contributed by atoms with E-state index in [9.17, 15) is 4.79 Å². The predicted octanol–water partition coefficient (Wildman–Crippen LogP) is 3.13. The van der Waals surface area contributed by atoms with Crippen LogP contribution in [-0.4, -0.2) is 27.6 Å². The molecular formula is C15H18N4O2. The average molecular weight is 286 g/mol. The van der Waals surface area contributed by atoms with Crippen LogP contribution in [0.15, 0.2) is 36.7 Å². The van der Waals surface area contributed by atoms with Crippen molar-refractivity contribution in [1.82, 2.24) is 9.97 Å². The van der Waals surface area contributed by atoms with Crippen molar-refractivity contribution in [3.8, 4) is 0 Å². The van der Waals surface area contributed by atoms with Crippen molar-refractivity contribution in [2.45, 2.75) is 19.8 Å². The van der Waals surface area contributed by atoms with Crippen molar-refractivity contribution in [2.24, 2.45) is 0 Å². The van der Waals surface area contributed by atoms with Crippen molar-refractivity contribution in [2.75, 3.05) is 17.2 Å². The van der Waals surface area contributed by atoms with Gasteiger partial charge in [0, 0.05) is 12.6 Å². The van der Waals surface area contributed by atoms with E-state index in [4.69, 9.17) is 5.11 Å². The molecule has 0 saturated heterocycles. The summed E-state index contributed by atoms with van der Waals surface area (Å²) >= 11 is 0. The molecule has 0 fully saturated rings. The number of benzene rings is 1. The summed E-state index contributed by atoms with van der Waals surface area (Å²) in [6.07, 6.45) is 3.61. The Balaban J connectivity index is 2.13. The van der Waals surface area contributed by atoms with E-state index in [0.29, 0.717) is 17.3 Å². The first-order valence-electron chi connectivity index (χ1n) is 6.86. The zero-order valence-corrected chi connectivity index (χ0v) is 11.8. The molecule has 1 aromatic heterocycles. The van der Waals surface area contributed by atoms with Crippen LogP contribution in [0, 0.1) is 0 Å². The number of nitrogens with one attached hydrogen (secondary N) is 2. The number of para-hydroxylation sites is 1. The Bertz CT molecular complexity index is 616. The lowest BCUT2D eigenvalue weighted by molar-refractivity contribution is 0.0698. The summed E-state index contributed by atoms with van der Waals surface area (Å²) in [5.41, 5.74) is 0.708. The maximum absolute atomic E-state index is 11.2. The van der Waals surface area contributed by atoms with Crippen molar-refractivity contribution in [3.05, 3.63) is 42.2 Å². The highest BCUT2D eigenvalue weighted by molar-refractivity contribution is 5.95. The Morgan fingerprint density at radius 3 is 2.76 bits per heavy atom. The molecule has 1 aromatic carbocycles.